The Kier molecular flexibility index (Phi) is 5.83. The number of ether oxygens (including phenoxy) is 1. The maximum absolute atomic E-state index is 12.8. The van der Waals surface area contributed by atoms with Gasteiger partial charge in [-0.25, -0.2) is 0 Å². The van der Waals surface area contributed by atoms with Crippen molar-refractivity contribution in [2.24, 2.45) is 11.3 Å². The number of allylic oxidation sites excluding steroid dienone is 3. The first-order valence-corrected chi connectivity index (χ1v) is 16.7. The highest BCUT2D eigenvalue weighted by atomic mass is 16.6. The molecule has 9 rings (SSSR count). The van der Waals surface area contributed by atoms with E-state index in [1.807, 2.05) is 12.3 Å². The van der Waals surface area contributed by atoms with Crippen LogP contribution in [-0.4, -0.2) is 74.2 Å². The monoisotopic (exact) mass is 578 g/mol. The van der Waals surface area contributed by atoms with Gasteiger partial charge < -0.3 is 19.7 Å². The summed E-state index contributed by atoms with van der Waals surface area (Å²) in [6.07, 6.45) is 20.0. The molecule has 3 aromatic rings. The summed E-state index contributed by atoms with van der Waals surface area (Å²) >= 11 is 0. The van der Waals surface area contributed by atoms with Crippen LogP contribution in [-0.2, 0) is 9.53 Å². The standard InChI is InChI=1S/C36H42N4O3/c41-24-9-8-19-40-33-34-22-36(40,16-12-24)43-35(33)15-5-3-1-2-4-6-18-39(23-34)20-14-28(34)27(21-35)31-32-26(13-17-37-31)25-10-7-11-29(42)30(25)38-32/h1,3,7,10-11,13,17,21,28,33,38,42H,2,4-6,8-9,12,14-16,18-20,22-23H2/b3-1-/t28-,33-,34-,35-,36+/m1/s1. The van der Waals surface area contributed by atoms with Crippen LogP contribution in [0.3, 0.4) is 0 Å². The number of aromatic hydroxyl groups is 1. The van der Waals surface area contributed by atoms with E-state index >= 15 is 0 Å². The Hall–Kier alpha value is -3.00. The lowest BCUT2D eigenvalue weighted by Gasteiger charge is -2.59. The van der Waals surface area contributed by atoms with Crippen LogP contribution < -0.4 is 0 Å². The molecule has 0 radical (unpaired) electrons. The molecule has 0 amide bonds. The molecule has 0 saturated carbocycles. The highest BCUT2D eigenvalue weighted by molar-refractivity contribution is 6.11. The normalized spacial score (nSPS) is 38.6. The van der Waals surface area contributed by atoms with Gasteiger partial charge in [-0.15, -0.1) is 0 Å². The molecule has 5 aliphatic heterocycles. The number of phenolic OH excluding ortho intramolecular Hbond substituents is 1. The highest BCUT2D eigenvalue weighted by Gasteiger charge is 2.77. The van der Waals surface area contributed by atoms with E-state index in [0.717, 1.165) is 98.6 Å². The van der Waals surface area contributed by atoms with E-state index in [1.165, 1.54) is 18.4 Å². The number of phenols is 1. The van der Waals surface area contributed by atoms with Crippen LogP contribution >= 0.6 is 0 Å². The Labute approximate surface area is 253 Å². The molecule has 2 N–H and O–H groups in total. The summed E-state index contributed by atoms with van der Waals surface area (Å²) in [5.41, 5.74) is 3.40. The van der Waals surface area contributed by atoms with Crippen molar-refractivity contribution in [3.63, 3.8) is 0 Å². The number of aromatic nitrogens is 2. The fourth-order valence-corrected chi connectivity index (χ4v) is 10.5. The van der Waals surface area contributed by atoms with Gasteiger partial charge in [0.05, 0.1) is 22.8 Å². The first-order chi connectivity index (χ1) is 21.0. The maximum Gasteiger partial charge on any atom is 0.139 e. The minimum absolute atomic E-state index is 0.0454. The van der Waals surface area contributed by atoms with Crippen LogP contribution in [0.4, 0.5) is 0 Å². The van der Waals surface area contributed by atoms with E-state index in [1.54, 1.807) is 6.07 Å². The van der Waals surface area contributed by atoms with Gasteiger partial charge in [-0.2, -0.15) is 0 Å². The second kappa shape index (κ2) is 9.50. The largest absolute Gasteiger partial charge is 0.506 e. The van der Waals surface area contributed by atoms with Gasteiger partial charge in [-0.3, -0.25) is 14.7 Å². The molecule has 43 heavy (non-hydrogen) atoms. The van der Waals surface area contributed by atoms with Crippen LogP contribution in [0.25, 0.3) is 27.4 Å². The lowest BCUT2D eigenvalue weighted by atomic mass is 9.53. The zero-order chi connectivity index (χ0) is 28.8. The van der Waals surface area contributed by atoms with Gasteiger partial charge in [0, 0.05) is 48.3 Å². The topological polar surface area (TPSA) is 81.7 Å². The maximum atomic E-state index is 12.8. The number of aromatic amines is 1. The van der Waals surface area contributed by atoms with Crippen LogP contribution in [0.2, 0.25) is 0 Å². The number of benzene rings is 1. The van der Waals surface area contributed by atoms with Crippen molar-refractivity contribution in [3.05, 3.63) is 54.4 Å². The summed E-state index contributed by atoms with van der Waals surface area (Å²) in [6, 6.07) is 8.14. The summed E-state index contributed by atoms with van der Waals surface area (Å²) in [6.45, 7) is 4.30. The number of hydrogen-bond donors (Lipinski definition) is 2. The molecule has 7 nitrogen and oxygen atoms in total. The molecule has 7 heteroatoms. The lowest BCUT2D eigenvalue weighted by Crippen LogP contribution is -2.65. The van der Waals surface area contributed by atoms with E-state index in [2.05, 4.69) is 45.1 Å². The van der Waals surface area contributed by atoms with Crippen molar-refractivity contribution in [1.82, 2.24) is 19.8 Å². The Balaban J connectivity index is 1.28. The molecule has 1 aromatic carbocycles. The Morgan fingerprint density at radius 1 is 0.977 bits per heavy atom. The zero-order valence-electron chi connectivity index (χ0n) is 25.0. The number of hydrogen-bond acceptors (Lipinski definition) is 6. The second-order valence-electron chi connectivity index (χ2n) is 14.3. The number of pyridine rings is 1. The molecular formula is C36H42N4O3. The number of fused-ring (bicyclic) bond motifs is 4. The van der Waals surface area contributed by atoms with E-state index in [4.69, 9.17) is 9.72 Å². The molecule has 1 spiro atoms. The van der Waals surface area contributed by atoms with Crippen LogP contribution in [0.1, 0.15) is 76.3 Å². The minimum atomic E-state index is -0.420. The fraction of sp³-hybridized carbons (Fsp3) is 0.556. The number of carbonyl (C=O) groups excluding carboxylic acids is 1. The number of ketones is 1. The van der Waals surface area contributed by atoms with E-state index in [-0.39, 0.29) is 16.9 Å². The van der Waals surface area contributed by atoms with Crippen molar-refractivity contribution in [1.29, 1.82) is 0 Å². The number of nitrogens with one attached hydrogen (secondary N) is 1. The summed E-state index contributed by atoms with van der Waals surface area (Å²) < 4.78 is 7.51. The second-order valence-corrected chi connectivity index (χ2v) is 14.3. The number of piperidine rings is 1. The Bertz CT molecular complexity index is 1690. The predicted molar refractivity (Wildman–Crippen MR) is 168 cm³/mol. The molecular weight excluding hydrogens is 536 g/mol. The first-order valence-electron chi connectivity index (χ1n) is 16.7. The third-order valence-electron chi connectivity index (χ3n) is 12.0. The van der Waals surface area contributed by atoms with Crippen LogP contribution in [0.15, 0.2) is 48.7 Å². The average Bonchev–Trinajstić information content (AvgIpc) is 3.59. The lowest BCUT2D eigenvalue weighted by molar-refractivity contribution is -0.180. The summed E-state index contributed by atoms with van der Waals surface area (Å²) in [4.78, 5) is 27.0. The molecule has 4 fully saturated rings. The van der Waals surface area contributed by atoms with E-state index < -0.39 is 5.60 Å². The van der Waals surface area contributed by atoms with Gasteiger partial charge in [-0.05, 0) is 101 Å². The molecule has 1 unspecified atom stereocenters. The van der Waals surface area contributed by atoms with Crippen molar-refractivity contribution in [3.8, 4) is 5.75 Å². The van der Waals surface area contributed by atoms with Crippen molar-refractivity contribution < 1.29 is 14.6 Å². The number of para-hydroxylation sites is 1. The predicted octanol–water partition coefficient (Wildman–Crippen LogP) is 6.33. The molecule has 224 valence electrons. The fourth-order valence-electron chi connectivity index (χ4n) is 10.5. The number of nitrogens with zero attached hydrogens (tertiary/aromatic N) is 3. The third kappa shape index (κ3) is 3.71. The minimum Gasteiger partial charge on any atom is -0.506 e. The van der Waals surface area contributed by atoms with E-state index in [0.29, 0.717) is 30.6 Å². The molecule has 6 aliphatic rings. The van der Waals surface area contributed by atoms with Gasteiger partial charge in [0.1, 0.15) is 22.9 Å². The summed E-state index contributed by atoms with van der Waals surface area (Å²) in [7, 11) is 0. The number of rotatable bonds is 1. The zero-order valence-corrected chi connectivity index (χ0v) is 25.0. The number of Topliss-reactive ketones (excluding diaryl/α,β-unsaturated/α-hetero) is 1. The summed E-state index contributed by atoms with van der Waals surface area (Å²) in [5, 5.41) is 12.9. The smallest absolute Gasteiger partial charge is 0.139 e. The van der Waals surface area contributed by atoms with Crippen molar-refractivity contribution in [2.75, 3.05) is 26.2 Å². The van der Waals surface area contributed by atoms with Gasteiger partial charge in [0.25, 0.3) is 0 Å². The van der Waals surface area contributed by atoms with Crippen molar-refractivity contribution in [2.45, 2.75) is 88.0 Å². The highest BCUT2D eigenvalue weighted by Crippen LogP contribution is 2.70. The van der Waals surface area contributed by atoms with E-state index in [9.17, 15) is 9.90 Å². The number of carbonyl (C=O) groups is 1. The van der Waals surface area contributed by atoms with Crippen molar-refractivity contribution >= 4 is 33.2 Å². The van der Waals surface area contributed by atoms with Gasteiger partial charge in [-0.1, -0.05) is 24.3 Å². The first kappa shape index (κ1) is 26.4. The van der Waals surface area contributed by atoms with Crippen LogP contribution in [0, 0.1) is 11.3 Å². The molecule has 1 aliphatic carbocycles. The Morgan fingerprint density at radius 3 is 2.84 bits per heavy atom. The summed E-state index contributed by atoms with van der Waals surface area (Å²) in [5.74, 6) is 1.04. The quantitative estimate of drug-likeness (QED) is 0.329. The molecule has 6 atom stereocenters. The van der Waals surface area contributed by atoms with Gasteiger partial charge in [0.2, 0.25) is 0 Å². The Morgan fingerprint density at radius 2 is 1.88 bits per heavy atom. The van der Waals surface area contributed by atoms with Crippen LogP contribution in [0.5, 0.6) is 5.75 Å². The van der Waals surface area contributed by atoms with Gasteiger partial charge >= 0.3 is 0 Å². The average molecular weight is 579 g/mol. The molecule has 2 aromatic heterocycles. The third-order valence-corrected chi connectivity index (χ3v) is 12.0. The molecule has 4 saturated heterocycles. The number of H-pyrrole nitrogens is 1. The molecule has 7 heterocycles. The van der Waals surface area contributed by atoms with Gasteiger partial charge in [0.15, 0.2) is 0 Å². The molecule has 5 bridgehead atoms. The SMILES string of the molecule is O=C1CCCN2[C@@H]3[C@]45CN6CCCC/C=C\CC[C@]3(C=C(c3nccc7c3[nH]c3c(O)cccc37)[C@H]4CC6)O[C@@]2(CC1)C5.